The molecular formula is C26H36BNO9. The maximum Gasteiger partial charge on any atom is 0.457 e. The van der Waals surface area contributed by atoms with Crippen molar-refractivity contribution in [3.8, 4) is 0 Å². The Bertz CT molecular complexity index is 1200. The fraction of sp³-hybridized carbons (Fsp3) is 0.808. The van der Waals surface area contributed by atoms with Gasteiger partial charge in [-0.2, -0.15) is 0 Å². The number of hydrogen-bond acceptors (Lipinski definition) is 9. The summed E-state index contributed by atoms with van der Waals surface area (Å²) in [4.78, 5) is 16.3. The summed E-state index contributed by atoms with van der Waals surface area (Å²) in [5.41, 5.74) is -11.2. The lowest BCUT2D eigenvalue weighted by molar-refractivity contribution is -0.384. The summed E-state index contributed by atoms with van der Waals surface area (Å²) in [5.74, 6) is -3.30. The number of aliphatic hydroxyl groups excluding tert-OH is 1. The van der Waals surface area contributed by atoms with Crippen LogP contribution in [-0.4, -0.2) is 84.5 Å². The van der Waals surface area contributed by atoms with E-state index < -0.39 is 75.8 Å². The van der Waals surface area contributed by atoms with E-state index >= 15 is 0 Å². The fourth-order valence-electron chi connectivity index (χ4n) is 10.5. The van der Waals surface area contributed by atoms with E-state index in [9.17, 15) is 25.2 Å². The molecule has 0 aromatic carbocycles. The number of aromatic nitrogens is 1. The Kier molecular flexibility index (Phi) is 4.29. The molecule has 7 aliphatic rings. The van der Waals surface area contributed by atoms with Gasteiger partial charge in [0.25, 0.3) is 0 Å². The molecule has 10 atom stereocenters. The minimum absolute atomic E-state index is 0.00132. The molecular weight excluding hydrogens is 481 g/mol. The van der Waals surface area contributed by atoms with Crippen LogP contribution in [0.4, 0.5) is 0 Å². The van der Waals surface area contributed by atoms with E-state index in [1.807, 2.05) is 13.8 Å². The Hall–Kier alpha value is -1.47. The van der Waals surface area contributed by atoms with Crippen molar-refractivity contribution >= 4 is 13.1 Å². The summed E-state index contributed by atoms with van der Waals surface area (Å²) in [6, 6.07) is 3.25. The lowest BCUT2D eigenvalue weighted by atomic mass is 9.51. The Labute approximate surface area is 215 Å². The molecule has 10 nitrogen and oxygen atoms in total. The normalized spacial score (nSPS) is 56.8. The first-order valence-electron chi connectivity index (χ1n) is 13.5. The molecule has 37 heavy (non-hydrogen) atoms. The molecule has 1 aromatic heterocycles. The molecule has 202 valence electrons. The summed E-state index contributed by atoms with van der Waals surface area (Å²) in [6.45, 7) is 8.95. The second-order valence-electron chi connectivity index (χ2n) is 12.9. The predicted molar refractivity (Wildman–Crippen MR) is 128 cm³/mol. The number of aliphatic hydroxyl groups is 4. The van der Waals surface area contributed by atoms with E-state index in [0.717, 1.165) is 0 Å². The number of aromatic amines is 1. The monoisotopic (exact) mass is 517 g/mol. The van der Waals surface area contributed by atoms with Crippen molar-refractivity contribution in [2.45, 2.75) is 113 Å². The van der Waals surface area contributed by atoms with E-state index in [4.69, 9.17) is 18.8 Å². The highest BCUT2D eigenvalue weighted by Gasteiger charge is 3.10. The minimum Gasteiger partial charge on any atom is -0.451 e. The van der Waals surface area contributed by atoms with Crippen molar-refractivity contribution < 1.29 is 44.0 Å². The van der Waals surface area contributed by atoms with Crippen molar-refractivity contribution in [2.75, 3.05) is 0 Å². The zero-order valence-electron chi connectivity index (χ0n) is 21.9. The maximum atomic E-state index is 13.5. The third kappa shape index (κ3) is 1.90. The number of ether oxygens (including phenoxy) is 2. The van der Waals surface area contributed by atoms with Crippen LogP contribution in [0.5, 0.6) is 0 Å². The fourth-order valence-corrected chi connectivity index (χ4v) is 10.5. The maximum absolute atomic E-state index is 13.5. The average Bonchev–Trinajstić information content (AvgIpc) is 3.43. The molecule has 1 aromatic rings. The van der Waals surface area contributed by atoms with Gasteiger partial charge in [0.05, 0.1) is 17.1 Å². The molecule has 4 aliphatic carbocycles. The van der Waals surface area contributed by atoms with Gasteiger partial charge in [0, 0.05) is 24.5 Å². The van der Waals surface area contributed by atoms with Crippen LogP contribution in [0.25, 0.3) is 0 Å². The van der Waals surface area contributed by atoms with Gasteiger partial charge in [0.15, 0.2) is 11.9 Å². The van der Waals surface area contributed by atoms with Crippen molar-refractivity contribution in [1.29, 1.82) is 0 Å². The van der Waals surface area contributed by atoms with Gasteiger partial charge >= 0.3 is 13.1 Å². The molecule has 7 fully saturated rings. The van der Waals surface area contributed by atoms with Gasteiger partial charge in [-0.15, -0.1) is 0 Å². The molecule has 0 unspecified atom stereocenters. The summed E-state index contributed by atoms with van der Waals surface area (Å²) in [6.07, 6.45) is 0.608. The molecule has 3 saturated heterocycles. The van der Waals surface area contributed by atoms with Crippen LogP contribution in [-0.2, 0) is 18.8 Å². The van der Waals surface area contributed by atoms with Crippen LogP contribution in [0.3, 0.4) is 0 Å². The van der Waals surface area contributed by atoms with Crippen LogP contribution in [0.2, 0.25) is 6.32 Å². The number of rotatable bonds is 4. The van der Waals surface area contributed by atoms with Crippen molar-refractivity contribution in [3.63, 3.8) is 0 Å². The predicted octanol–water partition coefficient (Wildman–Crippen LogP) is 1.14. The number of carbonyl (C=O) groups is 1. The van der Waals surface area contributed by atoms with Crippen LogP contribution < -0.4 is 0 Å². The Morgan fingerprint density at radius 1 is 1.24 bits per heavy atom. The SMILES string of the molecule is CCB1O[C@]23CC[C@@H](O)C[C@@]24O[C@]2(O)C[C@]3(C)[C@]3(O1)[C@H](OC(=O)c1ccc[nH]1)[C@](O)(C(C)C)[C@]2(C)[C@]43O. The number of esters is 1. The third-order valence-electron chi connectivity index (χ3n) is 11.8. The molecule has 3 aliphatic heterocycles. The topological polar surface area (TPSA) is 151 Å². The Balaban J connectivity index is 1.58. The van der Waals surface area contributed by atoms with Gasteiger partial charge in [-0.05, 0) is 44.1 Å². The largest absolute Gasteiger partial charge is 0.457 e. The van der Waals surface area contributed by atoms with Crippen LogP contribution in [0.1, 0.15) is 70.8 Å². The zero-order chi connectivity index (χ0) is 26.7. The summed E-state index contributed by atoms with van der Waals surface area (Å²) >= 11 is 0. The van der Waals surface area contributed by atoms with Gasteiger partial charge in [-0.3, -0.25) is 0 Å². The Morgan fingerprint density at radius 3 is 2.59 bits per heavy atom. The van der Waals surface area contributed by atoms with E-state index in [0.29, 0.717) is 19.2 Å². The molecule has 8 rings (SSSR count). The highest BCUT2D eigenvalue weighted by Crippen LogP contribution is 2.92. The van der Waals surface area contributed by atoms with Crippen LogP contribution >= 0.6 is 0 Å². The van der Waals surface area contributed by atoms with Gasteiger partial charge in [-0.1, -0.05) is 27.7 Å². The zero-order valence-corrected chi connectivity index (χ0v) is 21.9. The number of H-pyrrole nitrogens is 1. The molecule has 4 heterocycles. The molecule has 5 N–H and O–H groups in total. The molecule has 11 heteroatoms. The van der Waals surface area contributed by atoms with Crippen LogP contribution in [0, 0.1) is 16.7 Å². The molecule has 0 amide bonds. The van der Waals surface area contributed by atoms with Crippen LogP contribution in [0.15, 0.2) is 18.3 Å². The first kappa shape index (κ1) is 24.6. The molecule has 0 radical (unpaired) electrons. The van der Waals surface area contributed by atoms with Crippen molar-refractivity contribution in [2.24, 2.45) is 16.7 Å². The first-order chi connectivity index (χ1) is 17.2. The molecule has 7 bridgehead atoms. The third-order valence-corrected chi connectivity index (χ3v) is 11.8. The molecule has 3 spiro atoms. The second kappa shape index (κ2) is 6.46. The van der Waals surface area contributed by atoms with Crippen molar-refractivity contribution in [1.82, 2.24) is 4.98 Å². The lowest BCUT2D eigenvalue weighted by Gasteiger charge is -2.65. The lowest BCUT2D eigenvalue weighted by Crippen LogP contribution is -2.77. The summed E-state index contributed by atoms with van der Waals surface area (Å²) < 4.78 is 26.4. The van der Waals surface area contributed by atoms with Crippen molar-refractivity contribution in [3.05, 3.63) is 24.0 Å². The van der Waals surface area contributed by atoms with Gasteiger partial charge in [-0.25, -0.2) is 4.79 Å². The van der Waals surface area contributed by atoms with E-state index in [-0.39, 0.29) is 18.5 Å². The van der Waals surface area contributed by atoms with Gasteiger partial charge in [0.2, 0.25) is 0 Å². The highest BCUT2D eigenvalue weighted by molar-refractivity contribution is 6.45. The standard InChI is InChI=1S/C26H36BNO9/c1-6-27-36-21-10-9-15(29)12-22(21)26(33)20(5)23(31,35-22)13-19(21,4)25(26,37-27)18(24(20,32)14(2)3)34-17(30)16-8-7-11-28-16/h7-8,11,14-15,18,28-29,31-33H,6,9-10,12-13H2,1-5H3/t15-,18-,19+,20-,21+,22-,23-,24-,25-,26+/m1/s1. The average molecular weight is 517 g/mol. The first-order valence-corrected chi connectivity index (χ1v) is 13.5. The number of carbonyl (C=O) groups excluding carboxylic acids is 1. The van der Waals surface area contributed by atoms with Gasteiger partial charge in [0.1, 0.15) is 28.1 Å². The van der Waals surface area contributed by atoms with E-state index in [1.54, 1.807) is 39.1 Å². The van der Waals surface area contributed by atoms with E-state index in [1.165, 1.54) is 0 Å². The smallest absolute Gasteiger partial charge is 0.451 e. The summed E-state index contributed by atoms with van der Waals surface area (Å²) in [7, 11) is -0.782. The minimum atomic E-state index is -2.07. The number of hydrogen-bond donors (Lipinski definition) is 5. The van der Waals surface area contributed by atoms with E-state index in [2.05, 4.69) is 4.98 Å². The Morgan fingerprint density at radius 2 is 1.97 bits per heavy atom. The molecule has 4 saturated carbocycles. The highest BCUT2D eigenvalue weighted by atomic mass is 16.7. The van der Waals surface area contributed by atoms with Gasteiger partial charge < -0.3 is 44.2 Å². The summed E-state index contributed by atoms with van der Waals surface area (Å²) in [5, 5.41) is 49.4. The number of nitrogens with one attached hydrogen (secondary N) is 1. The quantitative estimate of drug-likeness (QED) is 0.293. The second-order valence-corrected chi connectivity index (χ2v) is 12.9.